The Kier molecular flexibility index (Phi) is 5.98. The van der Waals surface area contributed by atoms with Gasteiger partial charge in [0.1, 0.15) is 17.7 Å². The Balaban J connectivity index is 1.39. The molecule has 0 spiro atoms. The molecule has 0 aliphatic carbocycles. The molecule has 0 saturated carbocycles. The minimum atomic E-state index is -0.559. The van der Waals surface area contributed by atoms with Gasteiger partial charge in [-0.15, -0.1) is 0 Å². The summed E-state index contributed by atoms with van der Waals surface area (Å²) in [5.74, 6) is -0.250. The highest BCUT2D eigenvalue weighted by atomic mass is 32.2. The molecule has 34 heavy (non-hydrogen) atoms. The molecule has 8 heteroatoms. The predicted octanol–water partition coefficient (Wildman–Crippen LogP) is 4.79. The summed E-state index contributed by atoms with van der Waals surface area (Å²) in [6.45, 7) is 1.74. The SMILES string of the molecule is C[C@H](SC1=Nc2ccccc2C2=N[C@H](Cc3ccccc3)C(=O)N12)C(=O)Nc1ccc(F)cc1. The van der Waals surface area contributed by atoms with Crippen LogP contribution in [0, 0.1) is 5.82 Å². The van der Waals surface area contributed by atoms with Gasteiger partial charge in [0.25, 0.3) is 5.91 Å². The smallest absolute Gasteiger partial charge is 0.259 e. The lowest BCUT2D eigenvalue weighted by Gasteiger charge is -2.27. The number of amidine groups is 2. The summed E-state index contributed by atoms with van der Waals surface area (Å²) in [6.07, 6.45) is 0.487. The van der Waals surface area contributed by atoms with E-state index in [2.05, 4.69) is 5.32 Å². The summed E-state index contributed by atoms with van der Waals surface area (Å²) in [5.41, 5.74) is 3.02. The third kappa shape index (κ3) is 4.36. The van der Waals surface area contributed by atoms with Crippen molar-refractivity contribution >= 4 is 46.0 Å². The first kappa shape index (κ1) is 22.0. The van der Waals surface area contributed by atoms with E-state index in [4.69, 9.17) is 9.98 Å². The zero-order chi connectivity index (χ0) is 23.7. The number of hydrogen-bond donors (Lipinski definition) is 1. The number of para-hydroxylation sites is 1. The van der Waals surface area contributed by atoms with Gasteiger partial charge in [-0.05, 0) is 48.9 Å². The van der Waals surface area contributed by atoms with E-state index in [1.165, 1.54) is 40.9 Å². The second-order valence-corrected chi connectivity index (χ2v) is 9.31. The van der Waals surface area contributed by atoms with Crippen molar-refractivity contribution in [1.82, 2.24) is 4.90 Å². The van der Waals surface area contributed by atoms with Gasteiger partial charge in [-0.3, -0.25) is 14.6 Å². The van der Waals surface area contributed by atoms with Gasteiger partial charge in [0.2, 0.25) is 5.91 Å². The van der Waals surface area contributed by atoms with Crippen molar-refractivity contribution in [3.05, 3.63) is 95.8 Å². The molecule has 3 aromatic carbocycles. The van der Waals surface area contributed by atoms with Gasteiger partial charge < -0.3 is 5.32 Å². The van der Waals surface area contributed by atoms with Crippen LogP contribution in [0.3, 0.4) is 0 Å². The summed E-state index contributed by atoms with van der Waals surface area (Å²) in [4.78, 5) is 37.2. The van der Waals surface area contributed by atoms with E-state index in [0.29, 0.717) is 28.8 Å². The molecule has 170 valence electrons. The van der Waals surface area contributed by atoms with Crippen LogP contribution in [0.1, 0.15) is 18.1 Å². The maximum absolute atomic E-state index is 13.4. The number of amides is 2. The molecule has 2 atom stereocenters. The van der Waals surface area contributed by atoms with Crippen molar-refractivity contribution in [2.45, 2.75) is 24.6 Å². The van der Waals surface area contributed by atoms with Crippen LogP contribution in [0.5, 0.6) is 0 Å². The molecule has 6 nitrogen and oxygen atoms in total. The molecular weight excluding hydrogens is 451 g/mol. The van der Waals surface area contributed by atoms with Crippen LogP contribution in [-0.2, 0) is 16.0 Å². The number of hydrogen-bond acceptors (Lipinski definition) is 5. The summed E-state index contributed by atoms with van der Waals surface area (Å²) in [5, 5.41) is 2.63. The molecule has 2 heterocycles. The lowest BCUT2D eigenvalue weighted by atomic mass is 10.1. The highest BCUT2D eigenvalue weighted by Crippen LogP contribution is 2.35. The normalized spacial score (nSPS) is 17.4. The van der Waals surface area contributed by atoms with Crippen LogP contribution in [0.25, 0.3) is 0 Å². The van der Waals surface area contributed by atoms with Crippen molar-refractivity contribution in [3.8, 4) is 0 Å². The van der Waals surface area contributed by atoms with Crippen LogP contribution in [0.2, 0.25) is 0 Å². The lowest BCUT2D eigenvalue weighted by Crippen LogP contribution is -2.42. The van der Waals surface area contributed by atoms with E-state index < -0.39 is 11.3 Å². The summed E-state index contributed by atoms with van der Waals surface area (Å²) < 4.78 is 13.2. The highest BCUT2D eigenvalue weighted by molar-refractivity contribution is 8.15. The number of nitrogens with one attached hydrogen (secondary N) is 1. The first-order chi connectivity index (χ1) is 16.5. The number of aliphatic imine (C=N–C) groups is 2. The fraction of sp³-hybridized carbons (Fsp3) is 0.154. The largest absolute Gasteiger partial charge is 0.325 e. The maximum atomic E-state index is 13.4. The van der Waals surface area contributed by atoms with E-state index in [0.717, 1.165) is 11.1 Å². The number of halogens is 1. The average Bonchev–Trinajstić information content (AvgIpc) is 3.17. The van der Waals surface area contributed by atoms with E-state index in [-0.39, 0.29) is 17.6 Å². The van der Waals surface area contributed by atoms with E-state index in [1.54, 1.807) is 6.92 Å². The predicted molar refractivity (Wildman–Crippen MR) is 133 cm³/mol. The van der Waals surface area contributed by atoms with Crippen molar-refractivity contribution in [1.29, 1.82) is 0 Å². The van der Waals surface area contributed by atoms with Gasteiger partial charge in [0, 0.05) is 17.7 Å². The number of rotatable bonds is 5. The van der Waals surface area contributed by atoms with Crippen molar-refractivity contribution in [2.24, 2.45) is 9.98 Å². The van der Waals surface area contributed by atoms with Crippen LogP contribution >= 0.6 is 11.8 Å². The zero-order valence-corrected chi connectivity index (χ0v) is 19.1. The second kappa shape index (κ2) is 9.23. The topological polar surface area (TPSA) is 74.1 Å². The molecule has 2 aliphatic heterocycles. The molecule has 5 rings (SSSR count). The monoisotopic (exact) mass is 472 g/mol. The molecule has 1 N–H and O–H groups in total. The fourth-order valence-corrected chi connectivity index (χ4v) is 4.76. The minimum absolute atomic E-state index is 0.161. The Hall–Kier alpha value is -3.78. The van der Waals surface area contributed by atoms with Gasteiger partial charge in [-0.2, -0.15) is 0 Å². The number of anilines is 1. The zero-order valence-electron chi connectivity index (χ0n) is 18.3. The Bertz CT molecular complexity index is 1310. The van der Waals surface area contributed by atoms with Gasteiger partial charge in [-0.25, -0.2) is 14.3 Å². The highest BCUT2D eigenvalue weighted by Gasteiger charge is 2.42. The Morgan fingerprint density at radius 2 is 1.76 bits per heavy atom. The van der Waals surface area contributed by atoms with Crippen molar-refractivity contribution < 1.29 is 14.0 Å². The molecule has 0 saturated heterocycles. The molecule has 3 aromatic rings. The first-order valence-electron chi connectivity index (χ1n) is 10.9. The van der Waals surface area contributed by atoms with Crippen LogP contribution in [-0.4, -0.2) is 39.0 Å². The molecule has 0 fully saturated rings. The summed E-state index contributed by atoms with van der Waals surface area (Å²) in [6, 6.07) is 22.3. The van der Waals surface area contributed by atoms with E-state index in [9.17, 15) is 14.0 Å². The number of carbonyl (C=O) groups is 2. The standard InChI is InChI=1S/C26H21FN4O2S/c1-16(24(32)28-19-13-11-18(27)12-14-19)34-26-30-21-10-6-5-9-20(21)23-29-22(25(33)31(23)26)15-17-7-3-2-4-8-17/h2-14,16,22H,15H2,1H3,(H,28,32)/t16-,22+/m0/s1. The molecule has 0 aromatic heterocycles. The van der Waals surface area contributed by atoms with Gasteiger partial charge in [0.15, 0.2) is 5.17 Å². The van der Waals surface area contributed by atoms with Gasteiger partial charge >= 0.3 is 0 Å². The van der Waals surface area contributed by atoms with Crippen molar-refractivity contribution in [2.75, 3.05) is 5.32 Å². The molecule has 2 amide bonds. The third-order valence-corrected chi connectivity index (χ3v) is 6.64. The maximum Gasteiger partial charge on any atom is 0.259 e. The molecule has 2 aliphatic rings. The summed E-state index contributed by atoms with van der Waals surface area (Å²) >= 11 is 1.19. The summed E-state index contributed by atoms with van der Waals surface area (Å²) in [7, 11) is 0. The van der Waals surface area contributed by atoms with Crippen LogP contribution < -0.4 is 5.32 Å². The van der Waals surface area contributed by atoms with E-state index >= 15 is 0 Å². The number of benzene rings is 3. The fourth-order valence-electron chi connectivity index (χ4n) is 3.84. The molecule has 0 unspecified atom stereocenters. The quantitative estimate of drug-likeness (QED) is 0.580. The number of nitrogens with zero attached hydrogens (tertiary/aromatic N) is 3. The number of fused-ring (bicyclic) bond motifs is 3. The van der Waals surface area contributed by atoms with Crippen LogP contribution in [0.15, 0.2) is 88.8 Å². The van der Waals surface area contributed by atoms with Gasteiger partial charge in [0.05, 0.1) is 10.9 Å². The van der Waals surface area contributed by atoms with E-state index in [1.807, 2.05) is 54.6 Å². The molecule has 0 radical (unpaired) electrons. The second-order valence-electron chi connectivity index (χ2n) is 8.00. The Morgan fingerprint density at radius 3 is 2.53 bits per heavy atom. The number of thioether (sulfide) groups is 1. The van der Waals surface area contributed by atoms with Crippen molar-refractivity contribution in [3.63, 3.8) is 0 Å². The van der Waals surface area contributed by atoms with Gasteiger partial charge in [-0.1, -0.05) is 54.2 Å². The Morgan fingerprint density at radius 1 is 1.06 bits per heavy atom. The van der Waals surface area contributed by atoms with Crippen LogP contribution in [0.4, 0.5) is 15.8 Å². The molecule has 0 bridgehead atoms. The minimum Gasteiger partial charge on any atom is -0.325 e. The first-order valence-corrected chi connectivity index (χ1v) is 11.7. The Labute approximate surface area is 200 Å². The lowest BCUT2D eigenvalue weighted by molar-refractivity contribution is -0.124. The molecular formula is C26H21FN4O2S. The third-order valence-electron chi connectivity index (χ3n) is 5.58. The average molecular weight is 473 g/mol. The number of carbonyl (C=O) groups excluding carboxylic acids is 2.